The van der Waals surface area contributed by atoms with Crippen LogP contribution in [0.1, 0.15) is 58.9 Å². The lowest BCUT2D eigenvalue weighted by Gasteiger charge is -2.24. The third kappa shape index (κ3) is 5.84. The lowest BCUT2D eigenvalue weighted by atomic mass is 10.1. The van der Waals surface area contributed by atoms with E-state index < -0.39 is 4.92 Å². The highest BCUT2D eigenvalue weighted by Gasteiger charge is 2.21. The van der Waals surface area contributed by atoms with E-state index in [0.29, 0.717) is 24.2 Å². The number of rotatable bonds is 10. The van der Waals surface area contributed by atoms with Gasteiger partial charge in [0.25, 0.3) is 11.6 Å². The Morgan fingerprint density at radius 3 is 2.59 bits per heavy atom. The molecular weight excluding hydrogens is 402 g/mol. The van der Waals surface area contributed by atoms with Gasteiger partial charge in [-0.25, -0.2) is 0 Å². The minimum absolute atomic E-state index is 0.0211. The van der Waals surface area contributed by atoms with Gasteiger partial charge in [-0.3, -0.25) is 14.9 Å². The van der Waals surface area contributed by atoms with Crippen molar-refractivity contribution in [3.8, 4) is 0 Å². The Bertz CT molecular complexity index is 1090. The third-order valence-electron chi connectivity index (χ3n) is 5.68. The van der Waals surface area contributed by atoms with E-state index in [0.717, 1.165) is 31.5 Å². The minimum atomic E-state index is -0.430. The van der Waals surface area contributed by atoms with Gasteiger partial charge in [0.05, 0.1) is 11.5 Å². The number of hydrogen-bond acceptors (Lipinski definition) is 3. The normalized spacial score (nSPS) is 10.8. The van der Waals surface area contributed by atoms with Gasteiger partial charge in [-0.1, -0.05) is 55.7 Å². The van der Waals surface area contributed by atoms with Gasteiger partial charge in [0.1, 0.15) is 0 Å². The molecule has 0 fully saturated rings. The molecule has 3 rings (SSSR count). The molecule has 2 aromatic carbocycles. The monoisotopic (exact) mass is 433 g/mol. The van der Waals surface area contributed by atoms with Crippen molar-refractivity contribution in [1.82, 2.24) is 9.47 Å². The number of carbonyl (C=O) groups is 1. The number of unbranched alkanes of at least 4 members (excludes halogenated alkanes) is 2. The van der Waals surface area contributed by atoms with Gasteiger partial charge in [-0.2, -0.15) is 0 Å². The van der Waals surface area contributed by atoms with E-state index in [1.165, 1.54) is 17.2 Å². The summed E-state index contributed by atoms with van der Waals surface area (Å²) in [6.07, 6.45) is 5.02. The van der Waals surface area contributed by atoms with Gasteiger partial charge in [0, 0.05) is 42.2 Å². The summed E-state index contributed by atoms with van der Waals surface area (Å²) in [4.78, 5) is 26.1. The van der Waals surface area contributed by atoms with Crippen LogP contribution in [0.25, 0.3) is 0 Å². The lowest BCUT2D eigenvalue weighted by molar-refractivity contribution is -0.385. The molecular formula is C26H31N3O3. The molecule has 0 unspecified atom stereocenters. The van der Waals surface area contributed by atoms with Crippen molar-refractivity contribution in [3.05, 3.63) is 98.9 Å². The molecule has 32 heavy (non-hydrogen) atoms. The minimum Gasteiger partial charge on any atom is -0.345 e. The smallest absolute Gasteiger partial charge is 0.273 e. The molecule has 1 heterocycles. The molecule has 168 valence electrons. The average molecular weight is 434 g/mol. The topological polar surface area (TPSA) is 68.4 Å². The lowest BCUT2D eigenvalue weighted by Crippen LogP contribution is -2.32. The number of carbonyl (C=O) groups excluding carboxylic acids is 1. The van der Waals surface area contributed by atoms with E-state index in [-0.39, 0.29) is 11.6 Å². The number of amides is 1. The highest BCUT2D eigenvalue weighted by atomic mass is 16.6. The fourth-order valence-electron chi connectivity index (χ4n) is 3.88. The molecule has 0 spiro atoms. The number of benzene rings is 2. The Hall–Kier alpha value is -3.41. The van der Waals surface area contributed by atoms with Crippen LogP contribution in [0.15, 0.2) is 60.8 Å². The van der Waals surface area contributed by atoms with Gasteiger partial charge in [-0.05, 0) is 44.0 Å². The highest BCUT2D eigenvalue weighted by molar-refractivity contribution is 5.95. The summed E-state index contributed by atoms with van der Waals surface area (Å²) in [5.74, 6) is -0.174. The number of nitro groups is 1. The van der Waals surface area contributed by atoms with Gasteiger partial charge < -0.3 is 9.47 Å². The zero-order chi connectivity index (χ0) is 23.1. The standard InChI is InChI=1S/C26H31N3O3/c1-4-5-6-14-28(26(30)23-13-12-21(3)25(17-23)29(31)32)19-24-11-8-15-27(24)18-22-10-7-9-20(2)16-22/h7-13,15-17H,4-6,14,18-19H2,1-3H3. The molecule has 6 heteroatoms. The fourth-order valence-corrected chi connectivity index (χ4v) is 3.88. The van der Waals surface area contributed by atoms with Crippen LogP contribution in [0, 0.1) is 24.0 Å². The molecule has 0 N–H and O–H groups in total. The van der Waals surface area contributed by atoms with Crippen LogP contribution in [-0.4, -0.2) is 26.8 Å². The van der Waals surface area contributed by atoms with Crippen molar-refractivity contribution < 1.29 is 9.72 Å². The average Bonchev–Trinajstić information content (AvgIpc) is 3.19. The van der Waals surface area contributed by atoms with E-state index in [4.69, 9.17) is 0 Å². The van der Waals surface area contributed by atoms with E-state index in [9.17, 15) is 14.9 Å². The molecule has 0 atom stereocenters. The number of aromatic nitrogens is 1. The summed E-state index contributed by atoms with van der Waals surface area (Å²) in [5.41, 5.74) is 4.35. The second-order valence-electron chi connectivity index (χ2n) is 8.31. The molecule has 0 saturated heterocycles. The van der Waals surface area contributed by atoms with Gasteiger partial charge in [0.2, 0.25) is 0 Å². The zero-order valence-electron chi connectivity index (χ0n) is 19.1. The van der Waals surface area contributed by atoms with Gasteiger partial charge in [0.15, 0.2) is 0 Å². The van der Waals surface area contributed by atoms with Crippen LogP contribution in [0.2, 0.25) is 0 Å². The Kier molecular flexibility index (Phi) is 7.82. The quantitative estimate of drug-likeness (QED) is 0.227. The van der Waals surface area contributed by atoms with Crippen LogP contribution in [0.5, 0.6) is 0 Å². The third-order valence-corrected chi connectivity index (χ3v) is 5.68. The number of nitrogens with zero attached hydrogens (tertiary/aromatic N) is 3. The van der Waals surface area contributed by atoms with Crippen LogP contribution < -0.4 is 0 Å². The predicted octanol–water partition coefficient (Wildman–Crippen LogP) is 5.89. The maximum atomic E-state index is 13.4. The van der Waals surface area contributed by atoms with Gasteiger partial charge in [-0.15, -0.1) is 0 Å². The first-order valence-corrected chi connectivity index (χ1v) is 11.1. The molecule has 0 aliphatic carbocycles. The first-order valence-electron chi connectivity index (χ1n) is 11.1. The first-order chi connectivity index (χ1) is 15.4. The van der Waals surface area contributed by atoms with Crippen LogP contribution in [0.3, 0.4) is 0 Å². The Morgan fingerprint density at radius 2 is 1.88 bits per heavy atom. The van der Waals surface area contributed by atoms with Crippen molar-refractivity contribution in [2.24, 2.45) is 0 Å². The first kappa shape index (κ1) is 23.3. The zero-order valence-corrected chi connectivity index (χ0v) is 19.1. The SMILES string of the molecule is CCCCCN(Cc1cccn1Cc1cccc(C)c1)C(=O)c1ccc(C)c([N+](=O)[O-])c1. The highest BCUT2D eigenvalue weighted by Crippen LogP contribution is 2.22. The molecule has 0 aliphatic rings. The molecule has 1 amide bonds. The summed E-state index contributed by atoms with van der Waals surface area (Å²) < 4.78 is 2.16. The summed E-state index contributed by atoms with van der Waals surface area (Å²) in [6.45, 7) is 7.70. The van der Waals surface area contributed by atoms with E-state index in [1.807, 2.05) is 23.2 Å². The fraction of sp³-hybridized carbons (Fsp3) is 0.346. The van der Waals surface area contributed by atoms with Crippen molar-refractivity contribution in [1.29, 1.82) is 0 Å². The summed E-state index contributed by atoms with van der Waals surface area (Å²) in [7, 11) is 0. The number of aryl methyl sites for hydroxylation is 2. The largest absolute Gasteiger partial charge is 0.345 e. The molecule has 0 bridgehead atoms. The molecule has 0 aliphatic heterocycles. The Labute approximate surface area is 189 Å². The molecule has 0 saturated carbocycles. The number of hydrogen-bond donors (Lipinski definition) is 0. The van der Waals surface area contributed by atoms with Crippen LogP contribution in [0.4, 0.5) is 5.69 Å². The second-order valence-corrected chi connectivity index (χ2v) is 8.31. The summed E-state index contributed by atoms with van der Waals surface area (Å²) in [6, 6.07) is 17.2. The molecule has 3 aromatic rings. The molecule has 1 aromatic heterocycles. The van der Waals surface area contributed by atoms with Crippen molar-refractivity contribution >= 4 is 11.6 Å². The Balaban J connectivity index is 1.84. The van der Waals surface area contributed by atoms with E-state index in [2.05, 4.69) is 42.7 Å². The van der Waals surface area contributed by atoms with Crippen LogP contribution >= 0.6 is 0 Å². The van der Waals surface area contributed by atoms with Crippen LogP contribution in [-0.2, 0) is 13.1 Å². The van der Waals surface area contributed by atoms with Crippen molar-refractivity contribution in [2.75, 3.05) is 6.54 Å². The van der Waals surface area contributed by atoms with Crippen molar-refractivity contribution in [2.45, 2.75) is 53.1 Å². The maximum absolute atomic E-state index is 13.4. The molecule has 0 radical (unpaired) electrons. The Morgan fingerprint density at radius 1 is 1.06 bits per heavy atom. The molecule has 6 nitrogen and oxygen atoms in total. The number of nitro benzene ring substituents is 1. The maximum Gasteiger partial charge on any atom is 0.273 e. The second kappa shape index (κ2) is 10.8. The summed E-state index contributed by atoms with van der Waals surface area (Å²) >= 11 is 0. The summed E-state index contributed by atoms with van der Waals surface area (Å²) in [5, 5.41) is 11.4. The van der Waals surface area contributed by atoms with E-state index in [1.54, 1.807) is 19.1 Å². The predicted molar refractivity (Wildman–Crippen MR) is 127 cm³/mol. The van der Waals surface area contributed by atoms with E-state index >= 15 is 0 Å². The van der Waals surface area contributed by atoms with Gasteiger partial charge >= 0.3 is 0 Å². The van der Waals surface area contributed by atoms with Crippen molar-refractivity contribution in [3.63, 3.8) is 0 Å².